The number of aromatic amines is 1. The molecule has 2 atom stereocenters. The highest BCUT2D eigenvalue weighted by Crippen LogP contribution is 2.46. The predicted molar refractivity (Wildman–Crippen MR) is 142 cm³/mol. The number of fused-ring (bicyclic) bond motifs is 2. The molecule has 0 saturated heterocycles. The molecule has 0 fully saturated rings. The molecule has 35 heavy (non-hydrogen) atoms. The molecule has 190 valence electrons. The molecule has 2 N–H and O–H groups in total. The lowest BCUT2D eigenvalue weighted by molar-refractivity contribution is -0.0797. The monoisotopic (exact) mass is 479 g/mol. The molecule has 0 radical (unpaired) electrons. The average molecular weight is 480 g/mol. The van der Waals surface area contributed by atoms with Crippen LogP contribution in [0.2, 0.25) is 0 Å². The van der Waals surface area contributed by atoms with E-state index >= 15 is 0 Å². The minimum Gasteiger partial charge on any atom is -0.385 e. The summed E-state index contributed by atoms with van der Waals surface area (Å²) in [5.41, 5.74) is 3.23. The summed E-state index contributed by atoms with van der Waals surface area (Å²) >= 11 is 0. The number of rotatable bonds is 12. The molecule has 1 heterocycles. The van der Waals surface area contributed by atoms with Gasteiger partial charge in [0, 0.05) is 6.42 Å². The number of nitrogens with one attached hydrogen (secondary N) is 1. The van der Waals surface area contributed by atoms with Crippen LogP contribution in [0.15, 0.2) is 42.5 Å². The van der Waals surface area contributed by atoms with Crippen molar-refractivity contribution in [3.63, 3.8) is 0 Å². The molecule has 4 rings (SSSR count). The van der Waals surface area contributed by atoms with Crippen molar-refractivity contribution in [2.45, 2.75) is 77.2 Å². The molecule has 1 aliphatic rings. The Morgan fingerprint density at radius 2 is 1.86 bits per heavy atom. The molecule has 0 saturated carbocycles. The zero-order chi connectivity index (χ0) is 24.8. The predicted octanol–water partition coefficient (Wildman–Crippen LogP) is 6.62. The second-order valence-electron chi connectivity index (χ2n) is 10.8. The lowest BCUT2D eigenvalue weighted by atomic mass is 9.65. The molecule has 1 aromatic heterocycles. The van der Waals surface area contributed by atoms with Gasteiger partial charge in [0.15, 0.2) is 0 Å². The SMILES string of the molecule is CC(C)[C@@]1(O)c2ccc(F)cc2CC[C@H]1CCN(C)CCCCCCCc1nc2ccccc2[nH]1. The van der Waals surface area contributed by atoms with Crippen LogP contribution in [0.1, 0.15) is 75.7 Å². The second kappa shape index (κ2) is 11.7. The van der Waals surface area contributed by atoms with Crippen LogP contribution < -0.4 is 0 Å². The minimum absolute atomic E-state index is 0.0990. The van der Waals surface area contributed by atoms with Crippen molar-refractivity contribution in [1.29, 1.82) is 0 Å². The molecular formula is C30H42FN3O. The Morgan fingerprint density at radius 1 is 1.09 bits per heavy atom. The maximum Gasteiger partial charge on any atom is 0.123 e. The number of hydrogen-bond acceptors (Lipinski definition) is 3. The van der Waals surface area contributed by atoms with Crippen molar-refractivity contribution in [2.24, 2.45) is 11.8 Å². The summed E-state index contributed by atoms with van der Waals surface area (Å²) in [5, 5.41) is 11.7. The number of nitrogens with zero attached hydrogens (tertiary/aromatic N) is 2. The third-order valence-electron chi connectivity index (χ3n) is 8.01. The number of unbranched alkanes of at least 4 members (excludes halogenated alkanes) is 4. The Hall–Kier alpha value is -2.24. The van der Waals surface area contributed by atoms with Crippen LogP contribution in [0, 0.1) is 17.7 Å². The minimum atomic E-state index is -0.873. The van der Waals surface area contributed by atoms with Gasteiger partial charge >= 0.3 is 0 Å². The first-order valence-corrected chi connectivity index (χ1v) is 13.5. The van der Waals surface area contributed by atoms with Gasteiger partial charge in [0.2, 0.25) is 0 Å². The number of aliphatic hydroxyl groups is 1. The topological polar surface area (TPSA) is 52.1 Å². The Morgan fingerprint density at radius 3 is 2.66 bits per heavy atom. The van der Waals surface area contributed by atoms with E-state index in [1.54, 1.807) is 6.07 Å². The number of benzene rings is 2. The third kappa shape index (κ3) is 6.13. The molecule has 0 spiro atoms. The molecular weight excluding hydrogens is 437 g/mol. The molecule has 0 amide bonds. The van der Waals surface area contributed by atoms with Crippen LogP contribution >= 0.6 is 0 Å². The Balaban J connectivity index is 1.14. The van der Waals surface area contributed by atoms with Gasteiger partial charge in [-0.05, 0) is 99.5 Å². The summed E-state index contributed by atoms with van der Waals surface area (Å²) < 4.78 is 13.7. The van der Waals surface area contributed by atoms with E-state index in [2.05, 4.69) is 47.9 Å². The van der Waals surface area contributed by atoms with Gasteiger partial charge in [0.1, 0.15) is 11.6 Å². The molecule has 5 heteroatoms. The van der Waals surface area contributed by atoms with E-state index in [0.29, 0.717) is 0 Å². The number of H-pyrrole nitrogens is 1. The summed E-state index contributed by atoms with van der Waals surface area (Å²) in [6, 6.07) is 13.1. The maximum absolute atomic E-state index is 13.7. The van der Waals surface area contributed by atoms with Gasteiger partial charge in [-0.2, -0.15) is 0 Å². The van der Waals surface area contributed by atoms with Crippen molar-refractivity contribution >= 4 is 11.0 Å². The number of halogens is 1. The van der Waals surface area contributed by atoms with Crippen molar-refractivity contribution in [3.8, 4) is 0 Å². The van der Waals surface area contributed by atoms with E-state index in [4.69, 9.17) is 0 Å². The van der Waals surface area contributed by atoms with Crippen LogP contribution in [-0.4, -0.2) is 40.1 Å². The number of imidazole rings is 1. The van der Waals surface area contributed by atoms with Crippen LogP contribution in [0.25, 0.3) is 11.0 Å². The van der Waals surface area contributed by atoms with Gasteiger partial charge in [-0.15, -0.1) is 0 Å². The van der Waals surface area contributed by atoms with Gasteiger partial charge in [-0.25, -0.2) is 9.37 Å². The standard InChI is InChI=1S/C30H42FN3O/c1-22(2)30(35)24(15-14-23-21-25(31)16-17-26(23)30)18-20-34(3)19-10-6-4-5-7-13-29-32-27-11-8-9-12-28(27)33-29/h8-9,11-12,16-17,21-22,24,35H,4-7,10,13-15,18-20H2,1-3H3,(H,32,33)/t24-,30-/m0/s1. The molecule has 0 unspecified atom stereocenters. The Bertz CT molecular complexity index is 1060. The summed E-state index contributed by atoms with van der Waals surface area (Å²) in [7, 11) is 2.20. The van der Waals surface area contributed by atoms with Gasteiger partial charge in [0.25, 0.3) is 0 Å². The molecule has 3 aromatic rings. The summed E-state index contributed by atoms with van der Waals surface area (Å²) in [6.07, 6.45) is 9.90. The van der Waals surface area contributed by atoms with E-state index < -0.39 is 5.60 Å². The van der Waals surface area contributed by atoms with E-state index in [0.717, 1.165) is 66.8 Å². The van der Waals surface area contributed by atoms with Crippen LogP contribution in [0.5, 0.6) is 0 Å². The summed E-state index contributed by atoms with van der Waals surface area (Å²) in [4.78, 5) is 10.5. The molecule has 2 aromatic carbocycles. The van der Waals surface area contributed by atoms with E-state index in [1.165, 1.54) is 38.2 Å². The van der Waals surface area contributed by atoms with Gasteiger partial charge in [0.05, 0.1) is 16.6 Å². The number of aromatic nitrogens is 2. The molecule has 0 aliphatic heterocycles. The first-order chi connectivity index (χ1) is 16.9. The smallest absolute Gasteiger partial charge is 0.123 e. The molecule has 4 nitrogen and oxygen atoms in total. The van der Waals surface area contributed by atoms with Crippen LogP contribution in [-0.2, 0) is 18.4 Å². The third-order valence-corrected chi connectivity index (χ3v) is 8.01. The van der Waals surface area contributed by atoms with Gasteiger partial charge < -0.3 is 15.0 Å². The number of aryl methyl sites for hydroxylation is 2. The summed E-state index contributed by atoms with van der Waals surface area (Å²) in [5.74, 6) is 1.20. The Labute approximate surface area is 210 Å². The first kappa shape index (κ1) is 25.8. The normalized spacial score (nSPS) is 20.1. The van der Waals surface area contributed by atoms with Crippen molar-refractivity contribution < 1.29 is 9.50 Å². The van der Waals surface area contributed by atoms with Crippen molar-refractivity contribution in [1.82, 2.24) is 14.9 Å². The first-order valence-electron chi connectivity index (χ1n) is 13.5. The quantitative estimate of drug-likeness (QED) is 0.287. The highest BCUT2D eigenvalue weighted by molar-refractivity contribution is 5.74. The largest absolute Gasteiger partial charge is 0.385 e. The molecule has 0 bridgehead atoms. The van der Waals surface area contributed by atoms with Crippen molar-refractivity contribution in [2.75, 3.05) is 20.1 Å². The summed E-state index contributed by atoms with van der Waals surface area (Å²) in [6.45, 7) is 6.26. The van der Waals surface area contributed by atoms with Gasteiger partial charge in [-0.1, -0.05) is 51.3 Å². The van der Waals surface area contributed by atoms with Crippen LogP contribution in [0.4, 0.5) is 4.39 Å². The van der Waals surface area contributed by atoms with E-state index in [1.807, 2.05) is 18.2 Å². The fourth-order valence-corrected chi connectivity index (χ4v) is 5.89. The molecule has 1 aliphatic carbocycles. The van der Waals surface area contributed by atoms with E-state index in [-0.39, 0.29) is 17.7 Å². The zero-order valence-corrected chi connectivity index (χ0v) is 21.7. The Kier molecular flexibility index (Phi) is 8.61. The van der Waals surface area contributed by atoms with Gasteiger partial charge in [-0.3, -0.25) is 0 Å². The van der Waals surface area contributed by atoms with E-state index in [9.17, 15) is 9.50 Å². The second-order valence-corrected chi connectivity index (χ2v) is 10.8. The average Bonchev–Trinajstić information content (AvgIpc) is 3.25. The lowest BCUT2D eigenvalue weighted by Crippen LogP contribution is -2.45. The highest BCUT2D eigenvalue weighted by Gasteiger charge is 2.44. The van der Waals surface area contributed by atoms with Crippen molar-refractivity contribution in [3.05, 3.63) is 65.2 Å². The lowest BCUT2D eigenvalue weighted by Gasteiger charge is -2.45. The number of para-hydroxylation sites is 2. The maximum atomic E-state index is 13.7. The number of hydrogen-bond donors (Lipinski definition) is 2. The highest BCUT2D eigenvalue weighted by atomic mass is 19.1. The van der Waals surface area contributed by atoms with Crippen LogP contribution in [0.3, 0.4) is 0 Å². The fourth-order valence-electron chi connectivity index (χ4n) is 5.89. The zero-order valence-electron chi connectivity index (χ0n) is 21.7. The fraction of sp³-hybridized carbons (Fsp3) is 0.567.